The average molecular weight is 164 g/mol. The highest BCUT2D eigenvalue weighted by Crippen LogP contribution is 2.19. The Morgan fingerprint density at radius 1 is 1.55 bits per heavy atom. The molecule has 2 unspecified atom stereocenters. The van der Waals surface area contributed by atoms with Crippen molar-refractivity contribution in [2.24, 2.45) is 0 Å². The summed E-state index contributed by atoms with van der Waals surface area (Å²) in [6.45, 7) is 1.79. The lowest BCUT2D eigenvalue weighted by atomic mass is 10.00. The maximum Gasteiger partial charge on any atom is 0.156 e. The number of halogens is 1. The Bertz CT molecular complexity index is 129. The van der Waals surface area contributed by atoms with Crippen LogP contribution in [0.4, 0.5) is 4.39 Å². The van der Waals surface area contributed by atoms with Gasteiger partial charge in [0.2, 0.25) is 0 Å². The largest absolute Gasteiger partial charge is 0.388 e. The number of hydrogen-bond acceptors (Lipinski definition) is 3. The van der Waals surface area contributed by atoms with Crippen LogP contribution in [0.2, 0.25) is 0 Å². The molecule has 0 aliphatic carbocycles. The van der Waals surface area contributed by atoms with E-state index in [9.17, 15) is 4.39 Å². The van der Waals surface area contributed by atoms with Crippen LogP contribution in [0.5, 0.6) is 0 Å². The normalized spacial score (nSPS) is 45.8. The van der Waals surface area contributed by atoms with Gasteiger partial charge in [0.1, 0.15) is 12.2 Å². The van der Waals surface area contributed by atoms with Gasteiger partial charge < -0.3 is 14.9 Å². The first kappa shape index (κ1) is 8.90. The van der Waals surface area contributed by atoms with E-state index in [1.165, 1.54) is 0 Å². The van der Waals surface area contributed by atoms with Crippen molar-refractivity contribution in [1.82, 2.24) is 0 Å². The lowest BCUT2D eigenvalue weighted by Crippen LogP contribution is -2.50. The average Bonchev–Trinajstić information content (AvgIpc) is 2.01. The third-order valence-electron chi connectivity index (χ3n) is 1.96. The predicted molar refractivity (Wildman–Crippen MR) is 36.9 cm³/mol. The van der Waals surface area contributed by atoms with Crippen molar-refractivity contribution in [3.05, 3.63) is 0 Å². The van der Waals surface area contributed by atoms with Crippen molar-refractivity contribution >= 4 is 0 Å². The van der Waals surface area contributed by atoms with Gasteiger partial charge in [-0.1, -0.05) is 6.92 Å². The molecule has 4 heteroatoms. The zero-order valence-electron chi connectivity index (χ0n) is 6.40. The van der Waals surface area contributed by atoms with Crippen molar-refractivity contribution in [1.29, 1.82) is 0 Å². The summed E-state index contributed by atoms with van der Waals surface area (Å²) in [5, 5.41) is 18.0. The molecule has 0 amide bonds. The maximum absolute atomic E-state index is 12.8. The van der Waals surface area contributed by atoms with Gasteiger partial charge in [0.25, 0.3) is 0 Å². The van der Waals surface area contributed by atoms with Crippen molar-refractivity contribution in [3.63, 3.8) is 0 Å². The summed E-state index contributed by atoms with van der Waals surface area (Å²) in [6.07, 6.45) is -3.81. The zero-order valence-corrected chi connectivity index (χ0v) is 6.40. The van der Waals surface area contributed by atoms with Crippen LogP contribution in [0.15, 0.2) is 0 Å². The minimum absolute atomic E-state index is 0.0171. The van der Waals surface area contributed by atoms with Crippen LogP contribution in [-0.4, -0.2) is 41.3 Å². The molecule has 4 atom stereocenters. The van der Waals surface area contributed by atoms with Crippen LogP contribution in [0.1, 0.15) is 13.3 Å². The Labute approximate surface area is 64.8 Å². The van der Waals surface area contributed by atoms with E-state index < -0.39 is 24.5 Å². The molecule has 3 nitrogen and oxygen atoms in total. The summed E-state index contributed by atoms with van der Waals surface area (Å²) in [5.41, 5.74) is 0. The van der Waals surface area contributed by atoms with Crippen LogP contribution in [0.25, 0.3) is 0 Å². The molecule has 2 N–H and O–H groups in total. The lowest BCUT2D eigenvalue weighted by Gasteiger charge is -2.33. The third-order valence-corrected chi connectivity index (χ3v) is 1.96. The molecule has 11 heavy (non-hydrogen) atoms. The first-order valence-corrected chi connectivity index (χ1v) is 3.78. The molecular weight excluding hydrogens is 151 g/mol. The van der Waals surface area contributed by atoms with Crippen LogP contribution >= 0.6 is 0 Å². The van der Waals surface area contributed by atoms with E-state index in [0.29, 0.717) is 6.42 Å². The highest BCUT2D eigenvalue weighted by molar-refractivity contribution is 4.85. The van der Waals surface area contributed by atoms with Gasteiger partial charge in [-0.3, -0.25) is 0 Å². The maximum atomic E-state index is 12.8. The number of rotatable bonds is 1. The molecule has 0 radical (unpaired) electrons. The molecule has 1 heterocycles. The molecule has 1 rings (SSSR count). The highest BCUT2D eigenvalue weighted by Gasteiger charge is 2.37. The van der Waals surface area contributed by atoms with Crippen LogP contribution in [0, 0.1) is 0 Å². The third kappa shape index (κ3) is 1.69. The molecule has 66 valence electrons. The highest BCUT2D eigenvalue weighted by atomic mass is 19.1. The fraction of sp³-hybridized carbons (Fsp3) is 1.00. The standard InChI is InChI=1S/C7H13FO3/c1-2-5-7(10)6(8)4(9)3-11-5/h4-7,9-10H,2-3H2,1H3/t4?,5?,6-,7-/m1/s1. The smallest absolute Gasteiger partial charge is 0.156 e. The Morgan fingerprint density at radius 2 is 2.18 bits per heavy atom. The van der Waals surface area contributed by atoms with Gasteiger partial charge in [-0.25, -0.2) is 4.39 Å². The van der Waals surface area contributed by atoms with Crippen molar-refractivity contribution in [2.75, 3.05) is 6.61 Å². The van der Waals surface area contributed by atoms with Gasteiger partial charge in [-0.2, -0.15) is 0 Å². The van der Waals surface area contributed by atoms with Gasteiger partial charge in [0.15, 0.2) is 6.17 Å². The van der Waals surface area contributed by atoms with Crippen molar-refractivity contribution in [3.8, 4) is 0 Å². The Morgan fingerprint density at radius 3 is 2.73 bits per heavy atom. The molecule has 1 aliphatic rings. The second kappa shape index (κ2) is 3.47. The summed E-state index contributed by atoms with van der Waals surface area (Å²) in [7, 11) is 0. The van der Waals surface area contributed by atoms with E-state index in [2.05, 4.69) is 0 Å². The Kier molecular flexibility index (Phi) is 2.81. The van der Waals surface area contributed by atoms with Gasteiger partial charge in [-0.15, -0.1) is 0 Å². The number of alkyl halides is 1. The summed E-state index contributed by atoms with van der Waals surface area (Å²) in [6, 6.07) is 0. The second-order valence-electron chi connectivity index (χ2n) is 2.78. The van der Waals surface area contributed by atoms with Crippen molar-refractivity contribution < 1.29 is 19.3 Å². The first-order valence-electron chi connectivity index (χ1n) is 3.78. The summed E-state index contributed by atoms with van der Waals surface area (Å²) >= 11 is 0. The number of ether oxygens (including phenoxy) is 1. The fourth-order valence-corrected chi connectivity index (χ4v) is 1.20. The SMILES string of the molecule is CCC1OCC(O)[C@@H](F)[C@@H]1O. The van der Waals surface area contributed by atoms with E-state index in [4.69, 9.17) is 14.9 Å². The lowest BCUT2D eigenvalue weighted by molar-refractivity contribution is -0.164. The molecule has 0 bridgehead atoms. The minimum atomic E-state index is -1.56. The first-order chi connectivity index (χ1) is 5.16. The molecule has 0 spiro atoms. The fourth-order valence-electron chi connectivity index (χ4n) is 1.20. The Balaban J connectivity index is 2.52. The van der Waals surface area contributed by atoms with E-state index in [1.54, 1.807) is 6.92 Å². The topological polar surface area (TPSA) is 49.7 Å². The number of aliphatic hydroxyl groups is 2. The molecule has 0 aromatic heterocycles. The van der Waals surface area contributed by atoms with Crippen LogP contribution < -0.4 is 0 Å². The molecule has 0 aromatic carbocycles. The van der Waals surface area contributed by atoms with Gasteiger partial charge >= 0.3 is 0 Å². The van der Waals surface area contributed by atoms with Gasteiger partial charge in [0.05, 0.1) is 12.7 Å². The summed E-state index contributed by atoms with van der Waals surface area (Å²) in [5.74, 6) is 0. The summed E-state index contributed by atoms with van der Waals surface area (Å²) < 4.78 is 17.8. The van der Waals surface area contributed by atoms with Crippen LogP contribution in [0.3, 0.4) is 0 Å². The molecule has 1 fully saturated rings. The zero-order chi connectivity index (χ0) is 8.43. The van der Waals surface area contributed by atoms with E-state index in [1.807, 2.05) is 0 Å². The van der Waals surface area contributed by atoms with Crippen LogP contribution in [-0.2, 0) is 4.74 Å². The Hall–Kier alpha value is -0.190. The molecule has 1 aliphatic heterocycles. The molecule has 1 saturated heterocycles. The predicted octanol–water partition coefficient (Wildman–Crippen LogP) is -0.145. The van der Waals surface area contributed by atoms with Gasteiger partial charge in [0, 0.05) is 0 Å². The molecule has 0 aromatic rings. The summed E-state index contributed by atoms with van der Waals surface area (Å²) in [4.78, 5) is 0. The van der Waals surface area contributed by atoms with E-state index >= 15 is 0 Å². The van der Waals surface area contributed by atoms with E-state index in [-0.39, 0.29) is 6.61 Å². The minimum Gasteiger partial charge on any atom is -0.388 e. The number of aliphatic hydroxyl groups excluding tert-OH is 2. The second-order valence-corrected chi connectivity index (χ2v) is 2.78. The van der Waals surface area contributed by atoms with Crippen molar-refractivity contribution in [2.45, 2.75) is 37.8 Å². The molecule has 0 saturated carbocycles. The monoisotopic (exact) mass is 164 g/mol. The quantitative estimate of drug-likeness (QED) is 0.567. The molecular formula is C7H13FO3. The number of hydrogen-bond donors (Lipinski definition) is 2. The van der Waals surface area contributed by atoms with Gasteiger partial charge in [-0.05, 0) is 6.42 Å². The van der Waals surface area contributed by atoms with E-state index in [0.717, 1.165) is 0 Å².